The van der Waals surface area contributed by atoms with Crippen LogP contribution in [0.4, 0.5) is 0 Å². The highest BCUT2D eigenvalue weighted by Crippen LogP contribution is 2.30. The number of H-pyrrole nitrogens is 1. The monoisotopic (exact) mass is 262 g/mol. The zero-order valence-corrected chi connectivity index (χ0v) is 10.7. The predicted molar refractivity (Wildman–Crippen MR) is 69.8 cm³/mol. The number of hydrogen-bond donors (Lipinski definition) is 3. The number of hydrogen-bond acceptors (Lipinski definition) is 3. The molecule has 0 aromatic carbocycles. The first-order valence-corrected chi connectivity index (χ1v) is 6.62. The molecule has 0 aliphatic carbocycles. The smallest absolute Gasteiger partial charge is 0.270 e. The van der Waals surface area contributed by atoms with Crippen LogP contribution in [0, 0.1) is 0 Å². The minimum atomic E-state index is -0.523. The van der Waals surface area contributed by atoms with Gasteiger partial charge in [-0.25, -0.2) is 0 Å². The maximum atomic E-state index is 12.3. The Morgan fingerprint density at radius 3 is 2.84 bits per heavy atom. The lowest BCUT2D eigenvalue weighted by Crippen LogP contribution is -2.43. The van der Waals surface area contributed by atoms with E-state index in [0.29, 0.717) is 11.3 Å². The van der Waals surface area contributed by atoms with Crippen molar-refractivity contribution in [3.8, 4) is 0 Å². The number of nitrogens with zero attached hydrogens (tertiary/aromatic N) is 1. The van der Waals surface area contributed by atoms with Gasteiger partial charge in [-0.05, 0) is 31.9 Å². The molecule has 0 radical (unpaired) electrons. The van der Waals surface area contributed by atoms with Gasteiger partial charge in [0.25, 0.3) is 5.91 Å². The van der Waals surface area contributed by atoms with E-state index in [2.05, 4.69) is 10.3 Å². The van der Waals surface area contributed by atoms with E-state index in [1.54, 1.807) is 0 Å². The number of aromatic nitrogens is 1. The number of nitrogens with two attached hydrogens (primary N) is 1. The van der Waals surface area contributed by atoms with Crippen LogP contribution in [0.15, 0.2) is 12.3 Å². The maximum absolute atomic E-state index is 12.3. The standard InChI is InChI=1S/C13H18N4O2/c14-11(18)9-6-10(15-7-9)12(19)17-5-3-13(8-17)2-1-4-16-13/h6-7,15-16H,1-5,8H2,(H2,14,18). The molecule has 1 spiro atoms. The molecule has 2 amide bonds. The van der Waals surface area contributed by atoms with Crippen LogP contribution in [0.1, 0.15) is 40.1 Å². The van der Waals surface area contributed by atoms with E-state index in [-0.39, 0.29) is 11.4 Å². The maximum Gasteiger partial charge on any atom is 0.270 e. The fourth-order valence-corrected chi connectivity index (χ4v) is 3.09. The van der Waals surface area contributed by atoms with Crippen molar-refractivity contribution in [2.24, 2.45) is 5.73 Å². The van der Waals surface area contributed by atoms with Gasteiger partial charge in [-0.3, -0.25) is 9.59 Å². The second-order valence-corrected chi connectivity index (χ2v) is 5.45. The van der Waals surface area contributed by atoms with Crippen molar-refractivity contribution in [3.05, 3.63) is 23.5 Å². The molecule has 0 bridgehead atoms. The number of carbonyl (C=O) groups is 2. The summed E-state index contributed by atoms with van der Waals surface area (Å²) in [5.74, 6) is -0.580. The Balaban J connectivity index is 1.72. The van der Waals surface area contributed by atoms with Gasteiger partial charge in [-0.1, -0.05) is 0 Å². The minimum Gasteiger partial charge on any atom is -0.366 e. The first-order chi connectivity index (χ1) is 9.10. The summed E-state index contributed by atoms with van der Waals surface area (Å²) in [5, 5.41) is 3.51. The molecule has 3 heterocycles. The van der Waals surface area contributed by atoms with E-state index in [1.807, 2.05) is 4.90 Å². The van der Waals surface area contributed by atoms with E-state index in [4.69, 9.17) is 5.73 Å². The Labute approximate surface area is 111 Å². The summed E-state index contributed by atoms with van der Waals surface area (Å²) < 4.78 is 0. The van der Waals surface area contributed by atoms with E-state index in [1.165, 1.54) is 18.7 Å². The van der Waals surface area contributed by atoms with Crippen molar-refractivity contribution < 1.29 is 9.59 Å². The molecule has 2 fully saturated rings. The Kier molecular flexibility index (Phi) is 2.82. The summed E-state index contributed by atoms with van der Waals surface area (Å²) in [6.45, 7) is 2.55. The van der Waals surface area contributed by atoms with Gasteiger partial charge in [0.1, 0.15) is 5.69 Å². The van der Waals surface area contributed by atoms with Gasteiger partial charge >= 0.3 is 0 Å². The van der Waals surface area contributed by atoms with Gasteiger partial charge in [0, 0.05) is 24.8 Å². The number of primary amides is 1. The number of nitrogens with one attached hydrogen (secondary N) is 2. The van der Waals surface area contributed by atoms with E-state index < -0.39 is 5.91 Å². The molecular weight excluding hydrogens is 244 g/mol. The molecule has 6 heteroatoms. The normalized spacial score (nSPS) is 26.2. The topological polar surface area (TPSA) is 91.2 Å². The van der Waals surface area contributed by atoms with Crippen LogP contribution in [-0.2, 0) is 0 Å². The molecule has 6 nitrogen and oxygen atoms in total. The van der Waals surface area contributed by atoms with Crippen LogP contribution >= 0.6 is 0 Å². The molecule has 1 atom stereocenters. The molecular formula is C13H18N4O2. The second-order valence-electron chi connectivity index (χ2n) is 5.45. The van der Waals surface area contributed by atoms with Crippen LogP contribution in [-0.4, -0.2) is 46.9 Å². The third-order valence-corrected chi connectivity index (χ3v) is 4.17. The first kappa shape index (κ1) is 12.2. The molecule has 102 valence electrons. The molecule has 2 aliphatic rings. The molecule has 2 saturated heterocycles. The van der Waals surface area contributed by atoms with Crippen LogP contribution in [0.2, 0.25) is 0 Å². The summed E-state index contributed by atoms with van der Waals surface area (Å²) in [7, 11) is 0. The minimum absolute atomic E-state index is 0.0573. The van der Waals surface area contributed by atoms with Crippen molar-refractivity contribution in [3.63, 3.8) is 0 Å². The number of aromatic amines is 1. The van der Waals surface area contributed by atoms with Crippen molar-refractivity contribution >= 4 is 11.8 Å². The molecule has 2 aliphatic heterocycles. The molecule has 1 aromatic heterocycles. The van der Waals surface area contributed by atoms with Crippen LogP contribution < -0.4 is 11.1 Å². The quantitative estimate of drug-likeness (QED) is 0.705. The van der Waals surface area contributed by atoms with Gasteiger partial charge in [0.15, 0.2) is 0 Å². The molecule has 0 saturated carbocycles. The fraction of sp³-hybridized carbons (Fsp3) is 0.538. The summed E-state index contributed by atoms with van der Waals surface area (Å²) in [6.07, 6.45) is 4.79. The lowest BCUT2D eigenvalue weighted by atomic mass is 9.97. The van der Waals surface area contributed by atoms with Crippen LogP contribution in [0.3, 0.4) is 0 Å². The Bertz CT molecular complexity index is 516. The van der Waals surface area contributed by atoms with Crippen LogP contribution in [0.25, 0.3) is 0 Å². The van der Waals surface area contributed by atoms with Crippen molar-refractivity contribution in [2.75, 3.05) is 19.6 Å². The summed E-state index contributed by atoms with van der Waals surface area (Å²) in [6, 6.07) is 1.53. The second kappa shape index (κ2) is 4.38. The third-order valence-electron chi connectivity index (χ3n) is 4.17. The summed E-state index contributed by atoms with van der Waals surface area (Å²) >= 11 is 0. The fourth-order valence-electron chi connectivity index (χ4n) is 3.09. The number of rotatable bonds is 2. The average Bonchev–Trinajstić information content (AvgIpc) is 3.11. The summed E-state index contributed by atoms with van der Waals surface area (Å²) in [4.78, 5) is 28.0. The highest BCUT2D eigenvalue weighted by molar-refractivity contribution is 5.98. The molecule has 19 heavy (non-hydrogen) atoms. The first-order valence-electron chi connectivity index (χ1n) is 6.62. The third kappa shape index (κ3) is 2.12. The zero-order valence-electron chi connectivity index (χ0n) is 10.7. The SMILES string of the molecule is NC(=O)c1c[nH]c(C(=O)N2CCC3(CCCN3)C2)c1. The van der Waals surface area contributed by atoms with Gasteiger partial charge in [0.2, 0.25) is 5.91 Å². The van der Waals surface area contributed by atoms with Crippen molar-refractivity contribution in [1.29, 1.82) is 0 Å². The number of likely N-dealkylation sites (tertiary alicyclic amines) is 1. The van der Waals surface area contributed by atoms with Crippen molar-refractivity contribution in [1.82, 2.24) is 15.2 Å². The number of carbonyl (C=O) groups excluding carboxylic acids is 2. The molecule has 3 rings (SSSR count). The van der Waals surface area contributed by atoms with Crippen LogP contribution in [0.5, 0.6) is 0 Å². The van der Waals surface area contributed by atoms with Gasteiger partial charge in [-0.15, -0.1) is 0 Å². The lowest BCUT2D eigenvalue weighted by molar-refractivity contribution is 0.0776. The lowest BCUT2D eigenvalue weighted by Gasteiger charge is -2.24. The highest BCUT2D eigenvalue weighted by Gasteiger charge is 2.41. The largest absolute Gasteiger partial charge is 0.366 e. The predicted octanol–water partition coefficient (Wildman–Crippen LogP) is 0.0817. The van der Waals surface area contributed by atoms with E-state index in [9.17, 15) is 9.59 Å². The molecule has 1 aromatic rings. The van der Waals surface area contributed by atoms with E-state index in [0.717, 1.165) is 32.5 Å². The van der Waals surface area contributed by atoms with Gasteiger partial charge < -0.3 is 20.9 Å². The number of amides is 2. The highest BCUT2D eigenvalue weighted by atomic mass is 16.2. The Morgan fingerprint density at radius 1 is 1.37 bits per heavy atom. The molecule has 1 unspecified atom stereocenters. The van der Waals surface area contributed by atoms with E-state index >= 15 is 0 Å². The van der Waals surface area contributed by atoms with Gasteiger partial charge in [-0.2, -0.15) is 0 Å². The van der Waals surface area contributed by atoms with Gasteiger partial charge in [0.05, 0.1) is 5.56 Å². The Morgan fingerprint density at radius 2 is 2.21 bits per heavy atom. The molecule has 4 N–H and O–H groups in total. The zero-order chi connectivity index (χ0) is 13.5. The van der Waals surface area contributed by atoms with Crippen molar-refractivity contribution in [2.45, 2.75) is 24.8 Å². The average molecular weight is 262 g/mol. The Hall–Kier alpha value is -1.82. The summed E-state index contributed by atoms with van der Waals surface area (Å²) in [5.41, 5.74) is 6.08.